The van der Waals surface area contributed by atoms with Gasteiger partial charge in [0.05, 0.1) is 12.3 Å². The monoisotopic (exact) mass is 490 g/mol. The van der Waals surface area contributed by atoms with Crippen LogP contribution in [0.5, 0.6) is 5.75 Å². The fourth-order valence-corrected chi connectivity index (χ4v) is 2.99. The van der Waals surface area contributed by atoms with Crippen LogP contribution in [0.3, 0.4) is 0 Å². The van der Waals surface area contributed by atoms with Crippen LogP contribution in [0.25, 0.3) is 0 Å². The molecular formula is C23H18ClF3N4O3. The van der Waals surface area contributed by atoms with Gasteiger partial charge in [0.2, 0.25) is 0 Å². The van der Waals surface area contributed by atoms with Gasteiger partial charge in [-0.25, -0.2) is 10.2 Å². The minimum atomic E-state index is -4.81. The third-order valence-electron chi connectivity index (χ3n) is 4.27. The predicted octanol–water partition coefficient (Wildman–Crippen LogP) is 5.52. The Morgan fingerprint density at radius 1 is 0.971 bits per heavy atom. The highest BCUT2D eigenvalue weighted by atomic mass is 35.5. The van der Waals surface area contributed by atoms with Gasteiger partial charge in [0.15, 0.2) is 0 Å². The van der Waals surface area contributed by atoms with Crippen molar-refractivity contribution >= 4 is 35.4 Å². The van der Waals surface area contributed by atoms with Crippen LogP contribution in [-0.2, 0) is 0 Å². The molecule has 3 rings (SSSR count). The number of alkyl halides is 3. The first-order chi connectivity index (χ1) is 16.2. The van der Waals surface area contributed by atoms with E-state index < -0.39 is 24.2 Å². The lowest BCUT2D eigenvalue weighted by molar-refractivity contribution is -0.274. The lowest BCUT2D eigenvalue weighted by atomic mass is 10.1. The SMILES string of the molecule is O=C(NN=CC(NC(=O)c1ccccc1)c1cccc(Cl)c1)Nc1ccc(OC(F)(F)F)cc1. The molecule has 0 spiro atoms. The van der Waals surface area contributed by atoms with E-state index in [0.717, 1.165) is 12.1 Å². The van der Waals surface area contributed by atoms with Crippen molar-refractivity contribution < 1.29 is 27.5 Å². The molecule has 3 aromatic rings. The number of halogens is 4. The molecule has 3 N–H and O–H groups in total. The number of amides is 3. The number of urea groups is 1. The number of nitrogens with zero attached hydrogens (tertiary/aromatic N) is 1. The van der Waals surface area contributed by atoms with Gasteiger partial charge in [0.25, 0.3) is 5.91 Å². The summed E-state index contributed by atoms with van der Waals surface area (Å²) in [5.41, 5.74) is 3.51. The van der Waals surface area contributed by atoms with E-state index in [0.29, 0.717) is 16.1 Å². The lowest BCUT2D eigenvalue weighted by Crippen LogP contribution is -2.31. The first kappa shape index (κ1) is 24.6. The van der Waals surface area contributed by atoms with Crippen molar-refractivity contribution in [1.29, 1.82) is 0 Å². The lowest BCUT2D eigenvalue weighted by Gasteiger charge is -2.15. The van der Waals surface area contributed by atoms with Crippen LogP contribution in [0.15, 0.2) is 84.0 Å². The summed E-state index contributed by atoms with van der Waals surface area (Å²) in [4.78, 5) is 24.7. The Kier molecular flexibility index (Phi) is 8.10. The number of hydrogen-bond donors (Lipinski definition) is 3. The molecule has 11 heteroatoms. The molecule has 0 heterocycles. The molecule has 0 aliphatic rings. The zero-order valence-electron chi connectivity index (χ0n) is 17.3. The zero-order valence-corrected chi connectivity index (χ0v) is 18.1. The van der Waals surface area contributed by atoms with E-state index >= 15 is 0 Å². The fourth-order valence-electron chi connectivity index (χ4n) is 2.79. The second-order valence-electron chi connectivity index (χ2n) is 6.79. The molecule has 7 nitrogen and oxygen atoms in total. The maximum absolute atomic E-state index is 12.6. The number of rotatable bonds is 7. The van der Waals surface area contributed by atoms with Crippen molar-refractivity contribution in [1.82, 2.24) is 10.7 Å². The van der Waals surface area contributed by atoms with Crippen molar-refractivity contribution in [2.45, 2.75) is 12.4 Å². The quantitative estimate of drug-likeness (QED) is 0.301. The molecule has 0 bridgehead atoms. The van der Waals surface area contributed by atoms with Gasteiger partial charge in [-0.2, -0.15) is 5.10 Å². The molecule has 1 atom stereocenters. The van der Waals surface area contributed by atoms with Gasteiger partial charge < -0.3 is 15.4 Å². The van der Waals surface area contributed by atoms with E-state index in [1.807, 2.05) is 0 Å². The summed E-state index contributed by atoms with van der Waals surface area (Å²) in [6.07, 6.45) is -3.50. The third-order valence-corrected chi connectivity index (χ3v) is 4.50. The minimum absolute atomic E-state index is 0.214. The first-order valence-electron chi connectivity index (χ1n) is 9.77. The van der Waals surface area contributed by atoms with Crippen LogP contribution in [0.4, 0.5) is 23.7 Å². The third kappa shape index (κ3) is 7.82. The van der Waals surface area contributed by atoms with E-state index in [9.17, 15) is 22.8 Å². The van der Waals surface area contributed by atoms with Gasteiger partial charge in [0.1, 0.15) is 5.75 Å². The molecular weight excluding hydrogens is 473 g/mol. The highest BCUT2D eigenvalue weighted by Crippen LogP contribution is 2.24. The molecule has 0 aromatic heterocycles. The van der Waals surface area contributed by atoms with Gasteiger partial charge in [0, 0.05) is 16.3 Å². The number of carbonyl (C=O) groups is 2. The fraction of sp³-hybridized carbons (Fsp3) is 0.0870. The van der Waals surface area contributed by atoms with Crippen LogP contribution >= 0.6 is 11.6 Å². The number of hydrogen-bond acceptors (Lipinski definition) is 4. The highest BCUT2D eigenvalue weighted by molar-refractivity contribution is 6.30. The molecule has 176 valence electrons. The van der Waals surface area contributed by atoms with Crippen LogP contribution in [0.1, 0.15) is 22.0 Å². The summed E-state index contributed by atoms with van der Waals surface area (Å²) in [6, 6.07) is 18.4. The molecule has 3 amide bonds. The van der Waals surface area contributed by atoms with Crippen molar-refractivity contribution in [2.24, 2.45) is 5.10 Å². The zero-order chi connectivity index (χ0) is 24.6. The summed E-state index contributed by atoms with van der Waals surface area (Å²) in [6.45, 7) is 0. The molecule has 0 fully saturated rings. The van der Waals surface area contributed by atoms with Gasteiger partial charge in [-0.1, -0.05) is 41.9 Å². The van der Waals surface area contributed by atoms with E-state index in [2.05, 4.69) is 25.9 Å². The summed E-state index contributed by atoms with van der Waals surface area (Å²) in [5, 5.41) is 9.53. The Balaban J connectivity index is 1.64. The second-order valence-corrected chi connectivity index (χ2v) is 7.22. The number of ether oxygens (including phenoxy) is 1. The first-order valence-corrected chi connectivity index (χ1v) is 10.1. The summed E-state index contributed by atoms with van der Waals surface area (Å²) in [5.74, 6) is -0.780. The van der Waals surface area contributed by atoms with Crippen molar-refractivity contribution in [3.05, 3.63) is 95.0 Å². The normalized spacial score (nSPS) is 12.1. The average Bonchev–Trinajstić information content (AvgIpc) is 2.79. The average molecular weight is 491 g/mol. The molecule has 0 saturated heterocycles. The molecule has 0 aliphatic heterocycles. The molecule has 0 saturated carbocycles. The smallest absolute Gasteiger partial charge is 0.406 e. The minimum Gasteiger partial charge on any atom is -0.406 e. The van der Waals surface area contributed by atoms with Crippen molar-refractivity contribution in [3.63, 3.8) is 0 Å². The van der Waals surface area contributed by atoms with Crippen LogP contribution in [-0.4, -0.2) is 24.5 Å². The number of benzene rings is 3. The Labute approximate surface area is 197 Å². The largest absolute Gasteiger partial charge is 0.573 e. The van der Waals surface area contributed by atoms with Gasteiger partial charge in [-0.3, -0.25) is 4.79 Å². The number of carbonyl (C=O) groups excluding carboxylic acids is 2. The van der Waals surface area contributed by atoms with E-state index in [1.165, 1.54) is 18.3 Å². The Hall–Kier alpha value is -4.05. The topological polar surface area (TPSA) is 91.8 Å². The molecule has 0 radical (unpaired) electrons. The van der Waals surface area contributed by atoms with Gasteiger partial charge in [-0.05, 0) is 54.1 Å². The number of anilines is 1. The summed E-state index contributed by atoms with van der Waals surface area (Å²) < 4.78 is 40.4. The Morgan fingerprint density at radius 3 is 2.32 bits per heavy atom. The molecule has 0 aliphatic carbocycles. The molecule has 3 aromatic carbocycles. The Morgan fingerprint density at radius 2 is 1.68 bits per heavy atom. The van der Waals surface area contributed by atoms with Gasteiger partial charge >= 0.3 is 12.4 Å². The molecule has 1 unspecified atom stereocenters. The number of hydrazone groups is 1. The summed E-state index contributed by atoms with van der Waals surface area (Å²) in [7, 11) is 0. The van der Waals surface area contributed by atoms with Crippen molar-refractivity contribution in [2.75, 3.05) is 5.32 Å². The van der Waals surface area contributed by atoms with Crippen LogP contribution in [0.2, 0.25) is 5.02 Å². The summed E-state index contributed by atoms with van der Waals surface area (Å²) >= 11 is 6.06. The van der Waals surface area contributed by atoms with Crippen LogP contribution in [0, 0.1) is 0 Å². The maximum Gasteiger partial charge on any atom is 0.573 e. The van der Waals surface area contributed by atoms with E-state index in [1.54, 1.807) is 54.6 Å². The van der Waals surface area contributed by atoms with E-state index in [-0.39, 0.29) is 11.6 Å². The van der Waals surface area contributed by atoms with Gasteiger partial charge in [-0.15, -0.1) is 13.2 Å². The maximum atomic E-state index is 12.6. The highest BCUT2D eigenvalue weighted by Gasteiger charge is 2.30. The standard InChI is InChI=1S/C23H18ClF3N4O3/c24-17-8-4-7-16(13-17)20(30-21(32)15-5-2-1-3-6-15)14-28-31-22(33)29-18-9-11-19(12-10-18)34-23(25,26)27/h1-14,20H,(H,30,32)(H2,29,31,33). The number of nitrogens with one attached hydrogen (secondary N) is 3. The van der Waals surface area contributed by atoms with Crippen LogP contribution < -0.4 is 20.8 Å². The van der Waals surface area contributed by atoms with Crippen molar-refractivity contribution in [3.8, 4) is 5.75 Å². The van der Waals surface area contributed by atoms with E-state index in [4.69, 9.17) is 11.6 Å². The second kappa shape index (κ2) is 11.2. The predicted molar refractivity (Wildman–Crippen MR) is 122 cm³/mol. The molecule has 34 heavy (non-hydrogen) atoms. The Bertz CT molecular complexity index is 1160.